The molecule has 0 aliphatic carbocycles. The van der Waals surface area contributed by atoms with E-state index in [0.29, 0.717) is 10.9 Å². The largest absolute Gasteiger partial charge is 0.464 e. The van der Waals surface area contributed by atoms with Crippen LogP contribution in [-0.4, -0.2) is 43.5 Å². The van der Waals surface area contributed by atoms with Crippen molar-refractivity contribution < 1.29 is 27.5 Å². The summed E-state index contributed by atoms with van der Waals surface area (Å²) < 4.78 is 37.7. The summed E-state index contributed by atoms with van der Waals surface area (Å²) in [6, 6.07) is 14.5. The molecular weight excluding hydrogens is 396 g/mol. The third kappa shape index (κ3) is 2.70. The first-order valence-corrected chi connectivity index (χ1v) is 9.98. The van der Waals surface area contributed by atoms with Gasteiger partial charge in [-0.05, 0) is 18.2 Å². The molecule has 8 nitrogen and oxygen atoms in total. The van der Waals surface area contributed by atoms with Crippen molar-refractivity contribution in [3.05, 3.63) is 66.0 Å². The van der Waals surface area contributed by atoms with E-state index >= 15 is 0 Å². The lowest BCUT2D eigenvalue weighted by Gasteiger charge is -2.09. The van der Waals surface area contributed by atoms with Gasteiger partial charge in [0.05, 0.1) is 30.1 Å². The number of hydrogen-bond acceptors (Lipinski definition) is 6. The van der Waals surface area contributed by atoms with Gasteiger partial charge in [0.1, 0.15) is 5.69 Å². The normalized spacial score (nSPS) is 11.7. The van der Waals surface area contributed by atoms with Crippen LogP contribution in [0.15, 0.2) is 59.5 Å². The van der Waals surface area contributed by atoms with Crippen molar-refractivity contribution in [3.63, 3.8) is 0 Å². The van der Waals surface area contributed by atoms with Gasteiger partial charge < -0.3 is 14.5 Å². The third-order valence-electron chi connectivity index (χ3n) is 4.63. The Labute approximate surface area is 165 Å². The van der Waals surface area contributed by atoms with E-state index < -0.39 is 22.0 Å². The molecule has 9 heteroatoms. The predicted octanol–water partition coefficient (Wildman–Crippen LogP) is 2.93. The number of ether oxygens (including phenoxy) is 2. The summed E-state index contributed by atoms with van der Waals surface area (Å²) in [6.45, 7) is 0. The lowest BCUT2D eigenvalue weighted by atomic mass is 10.1. The number of methoxy groups -OCH3 is 2. The molecule has 2 aromatic carbocycles. The van der Waals surface area contributed by atoms with Gasteiger partial charge in [-0.3, -0.25) is 0 Å². The highest BCUT2D eigenvalue weighted by Gasteiger charge is 2.32. The van der Waals surface area contributed by atoms with E-state index in [2.05, 4.69) is 4.98 Å². The maximum atomic E-state index is 13.5. The third-order valence-corrected chi connectivity index (χ3v) is 6.36. The molecule has 0 saturated carbocycles. The fourth-order valence-corrected chi connectivity index (χ4v) is 4.94. The summed E-state index contributed by atoms with van der Waals surface area (Å²) >= 11 is 0. The Balaban J connectivity index is 2.24. The maximum absolute atomic E-state index is 13.5. The smallest absolute Gasteiger partial charge is 0.356 e. The zero-order chi connectivity index (χ0) is 20.8. The molecule has 0 saturated heterocycles. The van der Waals surface area contributed by atoms with Crippen molar-refractivity contribution in [2.24, 2.45) is 0 Å². The van der Waals surface area contributed by atoms with Crippen molar-refractivity contribution in [3.8, 4) is 0 Å². The number of nitrogens with zero attached hydrogens (tertiary/aromatic N) is 1. The zero-order valence-electron chi connectivity index (χ0n) is 15.5. The van der Waals surface area contributed by atoms with Crippen LogP contribution >= 0.6 is 0 Å². The maximum Gasteiger partial charge on any atom is 0.356 e. The van der Waals surface area contributed by atoms with Crippen LogP contribution in [0.5, 0.6) is 0 Å². The van der Waals surface area contributed by atoms with Gasteiger partial charge in [0.25, 0.3) is 10.0 Å². The van der Waals surface area contributed by atoms with Gasteiger partial charge in [0, 0.05) is 10.8 Å². The summed E-state index contributed by atoms with van der Waals surface area (Å²) in [5.41, 5.74) is 0.174. The van der Waals surface area contributed by atoms with Crippen LogP contribution < -0.4 is 0 Å². The molecule has 2 aromatic heterocycles. The number of esters is 2. The van der Waals surface area contributed by atoms with E-state index in [-0.39, 0.29) is 27.2 Å². The van der Waals surface area contributed by atoms with Crippen LogP contribution in [0.2, 0.25) is 0 Å². The first kappa shape index (κ1) is 18.8. The number of fused-ring (bicyclic) bond motifs is 3. The molecule has 0 atom stereocenters. The number of nitrogens with one attached hydrogen (secondary N) is 1. The standard InChI is InChI=1S/C20H16N2O6S/c1-27-19(23)16-15-13-10-6-7-11-14(13)22(18(15)17(21-16)20(24)28-2)29(25,26)12-8-4-3-5-9-12/h3-11,21H,1-2H3. The molecule has 4 rings (SSSR count). The quantitative estimate of drug-likeness (QED) is 0.517. The lowest BCUT2D eigenvalue weighted by Crippen LogP contribution is -2.15. The first-order chi connectivity index (χ1) is 13.9. The molecule has 0 aliphatic heterocycles. The number of carbonyl (C=O) groups is 2. The van der Waals surface area contributed by atoms with E-state index in [1.165, 1.54) is 26.4 Å². The number of aromatic nitrogens is 2. The number of aromatic amines is 1. The molecule has 0 amide bonds. The van der Waals surface area contributed by atoms with Gasteiger partial charge in [-0.15, -0.1) is 0 Å². The molecule has 4 aromatic rings. The summed E-state index contributed by atoms with van der Waals surface area (Å²) in [7, 11) is -1.72. The average molecular weight is 412 g/mol. The van der Waals surface area contributed by atoms with E-state index in [1.54, 1.807) is 42.5 Å². The van der Waals surface area contributed by atoms with Crippen LogP contribution in [0.4, 0.5) is 0 Å². The van der Waals surface area contributed by atoms with Crippen LogP contribution in [0.25, 0.3) is 21.8 Å². The Kier molecular flexibility index (Phi) is 4.39. The van der Waals surface area contributed by atoms with Gasteiger partial charge in [0.2, 0.25) is 0 Å². The Morgan fingerprint density at radius 2 is 1.45 bits per heavy atom. The Morgan fingerprint density at radius 3 is 2.10 bits per heavy atom. The molecule has 0 spiro atoms. The van der Waals surface area contributed by atoms with Crippen molar-refractivity contribution in [2.45, 2.75) is 4.90 Å². The second kappa shape index (κ2) is 6.78. The molecule has 29 heavy (non-hydrogen) atoms. The van der Waals surface area contributed by atoms with Gasteiger partial charge in [-0.2, -0.15) is 0 Å². The molecule has 0 aliphatic rings. The van der Waals surface area contributed by atoms with Crippen molar-refractivity contribution in [1.82, 2.24) is 8.96 Å². The van der Waals surface area contributed by atoms with Crippen LogP contribution in [-0.2, 0) is 19.5 Å². The lowest BCUT2D eigenvalue weighted by molar-refractivity contribution is 0.0592. The Morgan fingerprint density at radius 1 is 0.862 bits per heavy atom. The monoisotopic (exact) mass is 412 g/mol. The number of H-pyrrole nitrogens is 1. The van der Waals surface area contributed by atoms with Gasteiger partial charge in [-0.25, -0.2) is 22.0 Å². The zero-order valence-corrected chi connectivity index (χ0v) is 16.3. The van der Waals surface area contributed by atoms with Crippen molar-refractivity contribution in [1.29, 1.82) is 0 Å². The van der Waals surface area contributed by atoms with Crippen LogP contribution in [0, 0.1) is 0 Å². The number of rotatable bonds is 4. The molecule has 0 fully saturated rings. The molecule has 0 unspecified atom stereocenters. The number of carbonyl (C=O) groups excluding carboxylic acids is 2. The van der Waals surface area contributed by atoms with Crippen molar-refractivity contribution in [2.75, 3.05) is 14.2 Å². The van der Waals surface area contributed by atoms with E-state index in [4.69, 9.17) is 9.47 Å². The SMILES string of the molecule is COC(=O)c1[nH]c(C(=O)OC)c2c1c1ccccc1n2S(=O)(=O)c1ccccc1. The second-order valence-corrected chi connectivity index (χ2v) is 7.97. The van der Waals surface area contributed by atoms with E-state index in [0.717, 1.165) is 3.97 Å². The van der Waals surface area contributed by atoms with Crippen molar-refractivity contribution >= 4 is 43.8 Å². The molecule has 148 valence electrons. The fourth-order valence-electron chi connectivity index (χ4n) is 3.39. The summed E-state index contributed by atoms with van der Waals surface area (Å²) in [5.74, 6) is -1.54. The summed E-state index contributed by atoms with van der Waals surface area (Å²) in [5, 5.41) is 0.751. The highest BCUT2D eigenvalue weighted by molar-refractivity contribution is 7.90. The molecule has 1 N–H and O–H groups in total. The minimum atomic E-state index is -4.10. The predicted molar refractivity (Wildman–Crippen MR) is 105 cm³/mol. The fraction of sp³-hybridized carbons (Fsp3) is 0.100. The Bertz CT molecular complexity index is 1370. The van der Waals surface area contributed by atoms with Crippen LogP contribution in [0.1, 0.15) is 21.0 Å². The second-order valence-electron chi connectivity index (χ2n) is 6.18. The number of hydrogen-bond donors (Lipinski definition) is 1. The summed E-state index contributed by atoms with van der Waals surface area (Å²) in [4.78, 5) is 27.5. The van der Waals surface area contributed by atoms with E-state index in [1.807, 2.05) is 0 Å². The molecular formula is C20H16N2O6S. The van der Waals surface area contributed by atoms with Gasteiger partial charge in [-0.1, -0.05) is 36.4 Å². The molecule has 0 radical (unpaired) electrons. The highest BCUT2D eigenvalue weighted by Crippen LogP contribution is 2.37. The molecule has 2 heterocycles. The first-order valence-electron chi connectivity index (χ1n) is 8.54. The van der Waals surface area contributed by atoms with Gasteiger partial charge >= 0.3 is 11.9 Å². The summed E-state index contributed by atoms with van der Waals surface area (Å²) in [6.07, 6.45) is 0. The van der Waals surface area contributed by atoms with E-state index in [9.17, 15) is 18.0 Å². The van der Waals surface area contributed by atoms with Crippen LogP contribution in [0.3, 0.4) is 0 Å². The number of benzene rings is 2. The highest BCUT2D eigenvalue weighted by atomic mass is 32.2. The van der Waals surface area contributed by atoms with Gasteiger partial charge in [0.15, 0.2) is 5.69 Å². The minimum Gasteiger partial charge on any atom is -0.464 e. The topological polar surface area (TPSA) is 107 Å². The number of para-hydroxylation sites is 1. The molecule has 0 bridgehead atoms. The minimum absolute atomic E-state index is 0.0267. The average Bonchev–Trinajstić information content (AvgIpc) is 3.29. The Hall–Kier alpha value is -3.59.